The molecule has 16 heavy (non-hydrogen) atoms. The molecule has 3 nitrogen and oxygen atoms in total. The zero-order valence-corrected chi connectivity index (χ0v) is 9.68. The van der Waals surface area contributed by atoms with Gasteiger partial charge in [0.25, 0.3) is 5.91 Å². The Morgan fingerprint density at radius 3 is 2.75 bits per heavy atom. The van der Waals surface area contributed by atoms with Crippen LogP contribution in [0, 0.1) is 0 Å². The van der Waals surface area contributed by atoms with E-state index in [1.165, 1.54) is 6.07 Å². The molecule has 0 saturated heterocycles. The number of aromatic hydroxyl groups is 1. The van der Waals surface area contributed by atoms with Crippen molar-refractivity contribution in [2.24, 2.45) is 0 Å². The first-order valence-corrected chi connectivity index (χ1v) is 5.27. The van der Waals surface area contributed by atoms with E-state index in [4.69, 9.17) is 0 Å². The first-order chi connectivity index (χ1) is 7.56. The molecule has 1 amide bonds. The molecule has 0 aliphatic carbocycles. The quantitative estimate of drug-likeness (QED) is 0.790. The van der Waals surface area contributed by atoms with Crippen molar-refractivity contribution in [2.75, 3.05) is 6.54 Å². The molecule has 0 radical (unpaired) electrons. The highest BCUT2D eigenvalue weighted by molar-refractivity contribution is 5.94. The number of carbonyl (C=O) groups is 1. The monoisotopic (exact) mass is 219 g/mol. The zero-order chi connectivity index (χ0) is 12.1. The van der Waals surface area contributed by atoms with Crippen molar-refractivity contribution in [1.29, 1.82) is 0 Å². The van der Waals surface area contributed by atoms with Gasteiger partial charge in [-0.3, -0.25) is 4.79 Å². The molecule has 1 N–H and O–H groups in total. The number of phenolic OH excluding ortho intramolecular Hbond substituents is 1. The maximum atomic E-state index is 12.1. The number of phenols is 1. The number of nitrogens with zero attached hydrogens (tertiary/aromatic N) is 1. The lowest BCUT2D eigenvalue weighted by Gasteiger charge is -2.25. The van der Waals surface area contributed by atoms with E-state index in [9.17, 15) is 9.90 Å². The smallest absolute Gasteiger partial charge is 0.254 e. The number of hydrogen-bond acceptors (Lipinski definition) is 2. The van der Waals surface area contributed by atoms with Crippen molar-refractivity contribution < 1.29 is 9.90 Å². The highest BCUT2D eigenvalue weighted by Crippen LogP contribution is 2.14. The lowest BCUT2D eigenvalue weighted by molar-refractivity contribution is 0.0728. The highest BCUT2D eigenvalue weighted by atomic mass is 16.3. The Labute approximate surface area is 96.0 Å². The van der Waals surface area contributed by atoms with Crippen molar-refractivity contribution in [3.63, 3.8) is 0 Å². The van der Waals surface area contributed by atoms with Crippen molar-refractivity contribution in [3.8, 4) is 5.75 Å². The molecule has 1 aromatic carbocycles. The molecule has 0 saturated carbocycles. The molecule has 3 heteroatoms. The van der Waals surface area contributed by atoms with Crippen LogP contribution in [0.5, 0.6) is 5.75 Å². The van der Waals surface area contributed by atoms with Crippen LogP contribution in [-0.2, 0) is 0 Å². The van der Waals surface area contributed by atoms with E-state index in [-0.39, 0.29) is 17.7 Å². The predicted molar refractivity (Wildman–Crippen MR) is 64.5 cm³/mol. The molecule has 1 rings (SSSR count). The topological polar surface area (TPSA) is 40.5 Å². The van der Waals surface area contributed by atoms with Gasteiger partial charge in [-0.25, -0.2) is 0 Å². The Morgan fingerprint density at radius 1 is 1.56 bits per heavy atom. The van der Waals surface area contributed by atoms with Crippen LogP contribution in [0.2, 0.25) is 0 Å². The molecular weight excluding hydrogens is 202 g/mol. The zero-order valence-electron chi connectivity index (χ0n) is 9.68. The average Bonchev–Trinajstić information content (AvgIpc) is 2.24. The maximum Gasteiger partial charge on any atom is 0.254 e. The highest BCUT2D eigenvalue weighted by Gasteiger charge is 2.17. The van der Waals surface area contributed by atoms with Gasteiger partial charge in [0.1, 0.15) is 5.75 Å². The van der Waals surface area contributed by atoms with E-state index >= 15 is 0 Å². The second-order valence-electron chi connectivity index (χ2n) is 3.89. The Balaban J connectivity index is 2.94. The van der Waals surface area contributed by atoms with Crippen LogP contribution in [0.1, 0.15) is 24.2 Å². The lowest BCUT2D eigenvalue weighted by Crippen LogP contribution is -2.36. The van der Waals surface area contributed by atoms with Gasteiger partial charge in [0.15, 0.2) is 0 Å². The predicted octanol–water partition coefficient (Wildman–Crippen LogP) is 2.43. The summed E-state index contributed by atoms with van der Waals surface area (Å²) in [6, 6.07) is 6.48. The molecule has 1 aromatic rings. The van der Waals surface area contributed by atoms with E-state index in [1.54, 1.807) is 29.2 Å². The summed E-state index contributed by atoms with van der Waals surface area (Å²) in [4.78, 5) is 13.8. The van der Waals surface area contributed by atoms with Gasteiger partial charge >= 0.3 is 0 Å². The first kappa shape index (κ1) is 12.3. The van der Waals surface area contributed by atoms with Crippen LogP contribution in [-0.4, -0.2) is 28.5 Å². The van der Waals surface area contributed by atoms with E-state index in [1.807, 2.05) is 13.8 Å². The summed E-state index contributed by atoms with van der Waals surface area (Å²) in [6.45, 7) is 8.04. The minimum absolute atomic E-state index is 0.0919. The van der Waals surface area contributed by atoms with E-state index < -0.39 is 0 Å². The molecule has 0 fully saturated rings. The minimum atomic E-state index is -0.0919. The largest absolute Gasteiger partial charge is 0.508 e. The molecule has 0 atom stereocenters. The minimum Gasteiger partial charge on any atom is -0.508 e. The van der Waals surface area contributed by atoms with Crippen LogP contribution in [0.4, 0.5) is 0 Å². The lowest BCUT2D eigenvalue weighted by atomic mass is 10.1. The SMILES string of the molecule is C=CCN(C(=O)c1cccc(O)c1)C(C)C. The number of amides is 1. The normalized spacial score (nSPS) is 10.2. The molecule has 0 bridgehead atoms. The Morgan fingerprint density at radius 2 is 2.25 bits per heavy atom. The van der Waals surface area contributed by atoms with Gasteiger partial charge in [-0.1, -0.05) is 12.1 Å². The van der Waals surface area contributed by atoms with Crippen LogP contribution in [0.3, 0.4) is 0 Å². The second-order valence-corrected chi connectivity index (χ2v) is 3.89. The summed E-state index contributed by atoms with van der Waals surface area (Å²) in [6.07, 6.45) is 1.70. The third-order valence-electron chi connectivity index (χ3n) is 2.30. The van der Waals surface area contributed by atoms with Gasteiger partial charge in [-0.05, 0) is 32.0 Å². The van der Waals surface area contributed by atoms with Gasteiger partial charge in [0.05, 0.1) is 0 Å². The summed E-state index contributed by atoms with van der Waals surface area (Å²) >= 11 is 0. The molecule has 0 heterocycles. The molecule has 0 aliphatic heterocycles. The number of rotatable bonds is 4. The van der Waals surface area contributed by atoms with Crippen molar-refractivity contribution >= 4 is 5.91 Å². The van der Waals surface area contributed by atoms with Crippen LogP contribution < -0.4 is 0 Å². The van der Waals surface area contributed by atoms with Crippen molar-refractivity contribution in [2.45, 2.75) is 19.9 Å². The van der Waals surface area contributed by atoms with Crippen LogP contribution >= 0.6 is 0 Å². The summed E-state index contributed by atoms with van der Waals surface area (Å²) in [5.41, 5.74) is 0.496. The van der Waals surface area contributed by atoms with Crippen molar-refractivity contribution in [3.05, 3.63) is 42.5 Å². The van der Waals surface area contributed by atoms with Gasteiger partial charge < -0.3 is 10.0 Å². The Kier molecular flexibility index (Phi) is 4.11. The van der Waals surface area contributed by atoms with Gasteiger partial charge in [-0.2, -0.15) is 0 Å². The second kappa shape index (κ2) is 5.35. The van der Waals surface area contributed by atoms with Crippen molar-refractivity contribution in [1.82, 2.24) is 4.90 Å². The molecule has 0 aromatic heterocycles. The van der Waals surface area contributed by atoms with E-state index in [0.717, 1.165) is 0 Å². The standard InChI is InChI=1S/C13H17NO2/c1-4-8-14(10(2)3)13(16)11-6-5-7-12(15)9-11/h4-7,9-10,15H,1,8H2,2-3H3. The molecule has 86 valence electrons. The molecule has 0 spiro atoms. The molecule has 0 aliphatic rings. The fourth-order valence-corrected chi connectivity index (χ4v) is 1.47. The van der Waals surface area contributed by atoms with E-state index in [0.29, 0.717) is 12.1 Å². The third kappa shape index (κ3) is 2.86. The van der Waals surface area contributed by atoms with Crippen LogP contribution in [0.15, 0.2) is 36.9 Å². The van der Waals surface area contributed by atoms with Gasteiger partial charge in [-0.15, -0.1) is 6.58 Å². The third-order valence-corrected chi connectivity index (χ3v) is 2.30. The van der Waals surface area contributed by atoms with E-state index in [2.05, 4.69) is 6.58 Å². The number of benzene rings is 1. The number of hydrogen-bond donors (Lipinski definition) is 1. The summed E-state index contributed by atoms with van der Waals surface area (Å²) in [5, 5.41) is 9.32. The van der Waals surface area contributed by atoms with Gasteiger partial charge in [0.2, 0.25) is 0 Å². The van der Waals surface area contributed by atoms with Crippen LogP contribution in [0.25, 0.3) is 0 Å². The fraction of sp³-hybridized carbons (Fsp3) is 0.308. The summed E-state index contributed by atoms with van der Waals surface area (Å²) < 4.78 is 0. The first-order valence-electron chi connectivity index (χ1n) is 5.27. The summed E-state index contributed by atoms with van der Waals surface area (Å²) in [7, 11) is 0. The molecule has 0 unspecified atom stereocenters. The van der Waals surface area contributed by atoms with Gasteiger partial charge in [0, 0.05) is 18.2 Å². The molecular formula is C13H17NO2. The maximum absolute atomic E-state index is 12.1. The average molecular weight is 219 g/mol. The Hall–Kier alpha value is -1.77. The Bertz CT molecular complexity index is 385. The number of carbonyl (C=O) groups excluding carboxylic acids is 1. The summed E-state index contributed by atoms with van der Waals surface area (Å²) in [5.74, 6) is 0.0129. The fourth-order valence-electron chi connectivity index (χ4n) is 1.47.